The highest BCUT2D eigenvalue weighted by molar-refractivity contribution is 14.1. The molecule has 13 nitrogen and oxygen atoms in total. The monoisotopic (exact) mass is 1110 g/mol. The third-order valence-corrected chi connectivity index (χ3v) is 13.9. The number of halogens is 4. The molecule has 1 aliphatic heterocycles. The number of amides is 4. The molecule has 1 aliphatic rings. The number of β-amino-alcohol motifs (C(OH)–C–C–N with tert-alkyl or cyclic N) is 1. The summed E-state index contributed by atoms with van der Waals surface area (Å²) in [5.41, 5.74) is 3.51. The van der Waals surface area contributed by atoms with Gasteiger partial charge in [0.1, 0.15) is 17.9 Å². The lowest BCUT2D eigenvalue weighted by atomic mass is 9.85. The van der Waals surface area contributed by atoms with Crippen molar-refractivity contribution in [2.45, 2.75) is 129 Å². The van der Waals surface area contributed by atoms with E-state index >= 15 is 0 Å². The van der Waals surface area contributed by atoms with Crippen molar-refractivity contribution >= 4 is 81.0 Å². The number of unbranched alkanes of at least 4 members (excludes halogenated alkanes) is 7. The number of rotatable bonds is 27. The number of thioether (sulfide) groups is 1. The number of nitrogens with zero attached hydrogens (tertiary/aromatic N) is 3. The van der Waals surface area contributed by atoms with Gasteiger partial charge in [-0.2, -0.15) is 0 Å². The van der Waals surface area contributed by atoms with Gasteiger partial charge in [0.15, 0.2) is 11.6 Å². The molecule has 0 aliphatic carbocycles. The van der Waals surface area contributed by atoms with Crippen molar-refractivity contribution < 1.29 is 42.3 Å². The number of aliphatic imine (C=N–C) groups is 1. The molecule has 18 heteroatoms. The quantitative estimate of drug-likeness (QED) is 0.0216. The van der Waals surface area contributed by atoms with Gasteiger partial charge in [0.25, 0.3) is 5.91 Å². The molecule has 0 saturated carbocycles. The maximum Gasteiger partial charge on any atom is 0.277 e. The van der Waals surface area contributed by atoms with Crippen LogP contribution in [0, 0.1) is 26.4 Å². The van der Waals surface area contributed by atoms with Crippen molar-refractivity contribution in [3.8, 4) is 0 Å². The molecule has 0 spiro atoms. The van der Waals surface area contributed by atoms with Gasteiger partial charge in [-0.3, -0.25) is 29.0 Å². The zero-order valence-corrected chi connectivity index (χ0v) is 44.5. The number of carbonyl (C=O) groups is 4. The largest absolute Gasteiger partial charge is 0.391 e. The molecule has 4 rings (SSSR count). The first kappa shape index (κ1) is 58.1. The van der Waals surface area contributed by atoms with Crippen LogP contribution in [0.1, 0.15) is 133 Å². The predicted molar refractivity (Wildman–Crippen MR) is 282 cm³/mol. The Hall–Kier alpha value is -4.50. The van der Waals surface area contributed by atoms with E-state index < -0.39 is 52.6 Å². The van der Waals surface area contributed by atoms with Crippen LogP contribution in [0.15, 0.2) is 65.3 Å². The number of allylic oxidation sites excluding steroid dienone is 1. The summed E-state index contributed by atoms with van der Waals surface area (Å²) < 4.78 is 43.8. The fourth-order valence-electron chi connectivity index (χ4n) is 8.19. The topological polar surface area (TPSA) is 165 Å². The van der Waals surface area contributed by atoms with Crippen molar-refractivity contribution in [2.24, 2.45) is 10.4 Å². The van der Waals surface area contributed by atoms with Crippen molar-refractivity contribution in [3.05, 3.63) is 98.0 Å². The molecule has 5 N–H and O–H groups in total. The third-order valence-electron chi connectivity index (χ3n) is 12.3. The predicted octanol–water partition coefficient (Wildman–Crippen LogP) is 10.1. The van der Waals surface area contributed by atoms with Crippen LogP contribution in [0.2, 0.25) is 0 Å². The summed E-state index contributed by atoms with van der Waals surface area (Å²) in [6.07, 6.45) is 9.80. The third kappa shape index (κ3) is 17.7. The summed E-state index contributed by atoms with van der Waals surface area (Å²) in [6.45, 7) is 15.0. The van der Waals surface area contributed by atoms with E-state index in [1.807, 2.05) is 87.7 Å². The van der Waals surface area contributed by atoms with Crippen LogP contribution in [-0.2, 0) is 19.2 Å². The molecular weight excluding hydrogens is 1030 g/mol. The minimum absolute atomic E-state index is 0.00623. The van der Waals surface area contributed by atoms with E-state index in [-0.39, 0.29) is 61.0 Å². The summed E-state index contributed by atoms with van der Waals surface area (Å²) in [6, 6.07) is 11.9. The second-order valence-electron chi connectivity index (χ2n) is 18.9. The summed E-state index contributed by atoms with van der Waals surface area (Å²) in [4.78, 5) is 67.8. The number of carbonyl (C=O) groups excluding carboxylic acids is 4. The van der Waals surface area contributed by atoms with Crippen LogP contribution in [0.4, 0.5) is 24.5 Å². The average molecular weight is 1110 g/mol. The van der Waals surface area contributed by atoms with Gasteiger partial charge < -0.3 is 30.9 Å². The lowest BCUT2D eigenvalue weighted by molar-refractivity contribution is -0.144. The van der Waals surface area contributed by atoms with Crippen LogP contribution in [0.3, 0.4) is 0 Å². The Labute approximate surface area is 429 Å². The molecule has 1 heterocycles. The van der Waals surface area contributed by atoms with Crippen LogP contribution < -0.4 is 21.4 Å². The van der Waals surface area contributed by atoms with E-state index in [1.165, 1.54) is 17.0 Å². The number of nitrogens with one attached hydrogen (secondary N) is 4. The Kier molecular flexibility index (Phi) is 23.7. The minimum atomic E-state index is -1.31. The van der Waals surface area contributed by atoms with E-state index in [0.29, 0.717) is 16.4 Å². The molecule has 70 heavy (non-hydrogen) atoms. The number of hydroxylamine groups is 1. The van der Waals surface area contributed by atoms with Gasteiger partial charge in [0.2, 0.25) is 17.7 Å². The highest BCUT2D eigenvalue weighted by Crippen LogP contribution is 2.32. The van der Waals surface area contributed by atoms with Crippen LogP contribution >= 0.6 is 34.4 Å². The van der Waals surface area contributed by atoms with Crippen molar-refractivity contribution in [2.75, 3.05) is 44.9 Å². The first-order valence-corrected chi connectivity index (χ1v) is 26.3. The van der Waals surface area contributed by atoms with Crippen LogP contribution in [0.5, 0.6) is 0 Å². The smallest absolute Gasteiger partial charge is 0.277 e. The SMILES string of the molecule is C=N/C(C)=C(\SC)c1ccc([C@H](C)NC(=O)[C@@H]2C[C@@H](O)CN2C(=O)[C@@H](NC(=O)CCCCCCCCCN(C)CCCCONC(=O)c2ccc(F)c(F)c2Nc2ccc(I)cc2F)C(C)(C)C)cc1. The molecular formula is C52H71F3IN7O6S. The Morgan fingerprint density at radius 1 is 0.929 bits per heavy atom. The van der Waals surface area contributed by atoms with Gasteiger partial charge in [-0.15, -0.1) is 11.8 Å². The highest BCUT2D eigenvalue weighted by atomic mass is 127. The summed E-state index contributed by atoms with van der Waals surface area (Å²) in [5, 5.41) is 19.1. The van der Waals surface area contributed by atoms with Gasteiger partial charge in [-0.1, -0.05) is 77.1 Å². The number of anilines is 2. The first-order chi connectivity index (χ1) is 33.2. The Balaban J connectivity index is 1.09. The van der Waals surface area contributed by atoms with Gasteiger partial charge in [-0.05, 0) is 142 Å². The normalized spacial score (nSPS) is 16.1. The molecule has 1 saturated heterocycles. The van der Waals surface area contributed by atoms with Gasteiger partial charge >= 0.3 is 0 Å². The number of benzene rings is 3. The minimum Gasteiger partial charge on any atom is -0.391 e. The molecule has 1 fully saturated rings. The number of hydrogen-bond acceptors (Lipinski definition) is 10. The number of aliphatic hydroxyl groups excluding tert-OH is 1. The Morgan fingerprint density at radius 2 is 1.57 bits per heavy atom. The van der Waals surface area contributed by atoms with E-state index in [2.05, 4.69) is 45.1 Å². The van der Waals surface area contributed by atoms with Crippen molar-refractivity contribution in [3.63, 3.8) is 0 Å². The lowest BCUT2D eigenvalue weighted by Crippen LogP contribution is -2.57. The van der Waals surface area contributed by atoms with E-state index in [4.69, 9.17) is 4.84 Å². The van der Waals surface area contributed by atoms with E-state index in [0.717, 1.165) is 91.9 Å². The van der Waals surface area contributed by atoms with Crippen molar-refractivity contribution in [1.29, 1.82) is 0 Å². The molecule has 0 aromatic heterocycles. The number of likely N-dealkylation sites (tertiary alicyclic amines) is 1. The zero-order valence-electron chi connectivity index (χ0n) is 41.6. The summed E-state index contributed by atoms with van der Waals surface area (Å²) in [5.74, 6) is -4.93. The van der Waals surface area contributed by atoms with Gasteiger partial charge in [0, 0.05) is 27.9 Å². The molecule has 0 radical (unpaired) electrons. The second kappa shape index (κ2) is 28.5. The van der Waals surface area contributed by atoms with Gasteiger partial charge in [-0.25, -0.2) is 18.7 Å². The summed E-state index contributed by atoms with van der Waals surface area (Å²) >= 11 is 3.51. The molecule has 384 valence electrons. The van der Waals surface area contributed by atoms with Crippen molar-refractivity contribution in [1.82, 2.24) is 25.9 Å². The molecule has 0 bridgehead atoms. The lowest BCUT2D eigenvalue weighted by Gasteiger charge is -2.35. The fourth-order valence-corrected chi connectivity index (χ4v) is 9.38. The molecule has 0 unspecified atom stereocenters. The number of aliphatic hydroxyl groups is 1. The van der Waals surface area contributed by atoms with Crippen LogP contribution in [0.25, 0.3) is 4.91 Å². The van der Waals surface area contributed by atoms with E-state index in [1.54, 1.807) is 17.8 Å². The zero-order chi connectivity index (χ0) is 51.5. The number of hydrogen-bond donors (Lipinski definition) is 5. The second-order valence-corrected chi connectivity index (χ2v) is 21.0. The van der Waals surface area contributed by atoms with E-state index in [9.17, 15) is 37.5 Å². The summed E-state index contributed by atoms with van der Waals surface area (Å²) in [7, 11) is 2.05. The highest BCUT2D eigenvalue weighted by Gasteiger charge is 2.44. The standard InChI is InChI=1S/C52H71F3IN7O6S/c1-33(35-19-21-36(22-20-35)47(70-8)34(2)57-6)58-50(67)43-31-38(64)32-63(43)51(68)48(52(3,4)5)60-44(65)18-14-12-10-9-11-13-15-27-62(7)28-16-17-29-69-61-49(66)39-24-25-40(53)45(55)46(39)59-42-26-23-37(56)30-41(42)54/h19-26,30,33,38,43,48,59,64H,6,9-18,27-29,31-32H2,1-5,7-8H3,(H,58,67)(H,60,65)(H,61,66)/b47-34-/t33-,38+,43-,48+/m0/s1. The maximum absolute atomic E-state index is 14.7. The Bertz CT molecular complexity index is 2280. The molecule has 4 amide bonds. The first-order valence-electron chi connectivity index (χ1n) is 24.0. The average Bonchev–Trinajstić information content (AvgIpc) is 3.72. The maximum atomic E-state index is 14.7. The molecule has 3 aromatic carbocycles. The molecule has 3 aromatic rings. The Morgan fingerprint density at radius 3 is 2.20 bits per heavy atom. The molecule has 4 atom stereocenters. The fraction of sp³-hybridized carbons (Fsp3) is 0.519. The van der Waals surface area contributed by atoms with Crippen LogP contribution in [-0.4, -0.2) is 103 Å². The van der Waals surface area contributed by atoms with Gasteiger partial charge in [0.05, 0.1) is 41.4 Å².